The second-order valence-corrected chi connectivity index (χ2v) is 17.9. The smallest absolute Gasteiger partial charge is 0.254 e. The number of benzene rings is 4. The van der Waals surface area contributed by atoms with Crippen molar-refractivity contribution in [2.24, 2.45) is 22.9 Å². The van der Waals surface area contributed by atoms with E-state index >= 15 is 4.79 Å². The summed E-state index contributed by atoms with van der Waals surface area (Å²) in [5.41, 5.74) is 3.07. The van der Waals surface area contributed by atoms with Gasteiger partial charge in [0.1, 0.15) is 35.6 Å². The Labute approximate surface area is 366 Å². The number of halogens is 1. The molecule has 4 aromatic carbocycles. The van der Waals surface area contributed by atoms with Crippen LogP contribution in [0.3, 0.4) is 0 Å². The quantitative estimate of drug-likeness (QED) is 0.0549. The van der Waals surface area contributed by atoms with E-state index in [-0.39, 0.29) is 55.9 Å². The average Bonchev–Trinajstić information content (AvgIpc) is 3.27. The fourth-order valence-electron chi connectivity index (χ4n) is 9.83. The summed E-state index contributed by atoms with van der Waals surface area (Å²) in [6.07, 6.45) is 9.64. The molecule has 6 unspecified atom stereocenters. The number of amides is 1. The van der Waals surface area contributed by atoms with Gasteiger partial charge in [-0.25, -0.2) is 4.39 Å². The van der Waals surface area contributed by atoms with Crippen LogP contribution in [0.15, 0.2) is 114 Å². The topological polar surface area (TPSA) is 110 Å². The van der Waals surface area contributed by atoms with E-state index in [0.717, 1.165) is 53.3 Å². The van der Waals surface area contributed by atoms with Crippen LogP contribution in [0, 0.1) is 23.6 Å². The van der Waals surface area contributed by atoms with Crippen LogP contribution in [0.1, 0.15) is 106 Å². The highest BCUT2D eigenvalue weighted by Gasteiger charge is 2.65. The van der Waals surface area contributed by atoms with Gasteiger partial charge >= 0.3 is 0 Å². The Hall–Kier alpha value is -5.03. The third-order valence-electron chi connectivity index (χ3n) is 12.5. The summed E-state index contributed by atoms with van der Waals surface area (Å²) >= 11 is 0. The minimum atomic E-state index is -1.39. The SMILES string of the molecule is C=CCOC12Oc3ccc(OCc4ccccc4F)cc3C3C(CCCCO)C(CCCCO)C=C(C(=NOC(C)(C)C)CC1N(CCC)C(=O)c1ccc4ccccc4c1)C32. The van der Waals surface area contributed by atoms with Crippen LogP contribution in [0.5, 0.6) is 11.5 Å². The number of allylic oxidation sites excluding steroid dienone is 1. The van der Waals surface area contributed by atoms with Crippen molar-refractivity contribution in [2.45, 2.75) is 109 Å². The first kappa shape index (κ1) is 45.0. The molecule has 1 amide bonds. The lowest BCUT2D eigenvalue weighted by atomic mass is 9.55. The second-order valence-electron chi connectivity index (χ2n) is 17.9. The van der Waals surface area contributed by atoms with Gasteiger partial charge in [-0.05, 0) is 117 Å². The van der Waals surface area contributed by atoms with Crippen molar-refractivity contribution >= 4 is 22.4 Å². The zero-order valence-corrected chi connectivity index (χ0v) is 36.7. The zero-order valence-electron chi connectivity index (χ0n) is 36.7. The molecule has 3 aliphatic rings. The zero-order chi connectivity index (χ0) is 43.9. The highest BCUT2D eigenvalue weighted by Crippen LogP contribution is 2.62. The number of rotatable bonds is 19. The first-order chi connectivity index (χ1) is 30.0. The third kappa shape index (κ3) is 9.63. The number of nitrogens with zero attached hydrogens (tertiary/aromatic N) is 2. The largest absolute Gasteiger partial charge is 0.489 e. The lowest BCUT2D eigenvalue weighted by Crippen LogP contribution is -2.70. The molecule has 1 saturated carbocycles. The predicted octanol–water partition coefficient (Wildman–Crippen LogP) is 10.5. The summed E-state index contributed by atoms with van der Waals surface area (Å²) in [4.78, 5) is 23.4. The molecule has 7 rings (SSSR count). The normalized spacial score (nSPS) is 23.5. The van der Waals surface area contributed by atoms with Gasteiger partial charge in [0.05, 0.1) is 18.2 Å². The van der Waals surface area contributed by atoms with Crippen molar-refractivity contribution in [1.29, 1.82) is 0 Å². The lowest BCUT2D eigenvalue weighted by molar-refractivity contribution is -0.254. The van der Waals surface area contributed by atoms with E-state index in [0.29, 0.717) is 54.9 Å². The number of hydrogen-bond acceptors (Lipinski definition) is 8. The number of hydrogen-bond donors (Lipinski definition) is 2. The summed E-state index contributed by atoms with van der Waals surface area (Å²) in [6.45, 7) is 12.9. The molecule has 330 valence electrons. The Morgan fingerprint density at radius 1 is 0.968 bits per heavy atom. The van der Waals surface area contributed by atoms with Crippen molar-refractivity contribution in [3.63, 3.8) is 0 Å². The molecule has 10 heteroatoms. The lowest BCUT2D eigenvalue weighted by Gasteiger charge is -2.60. The number of aliphatic hydroxyl groups is 2. The second kappa shape index (κ2) is 20.0. The Bertz CT molecular complexity index is 2250. The molecular formula is C52H63FN2O7. The number of carbonyl (C=O) groups excluding carboxylic acids is 1. The van der Waals surface area contributed by atoms with Crippen molar-refractivity contribution in [3.8, 4) is 11.5 Å². The Morgan fingerprint density at radius 2 is 1.71 bits per heavy atom. The van der Waals surface area contributed by atoms with Crippen LogP contribution in [0.25, 0.3) is 10.8 Å². The molecule has 0 radical (unpaired) electrons. The van der Waals surface area contributed by atoms with E-state index in [9.17, 15) is 14.6 Å². The van der Waals surface area contributed by atoms with Crippen LogP contribution in [0.4, 0.5) is 4.39 Å². The van der Waals surface area contributed by atoms with Crippen LogP contribution >= 0.6 is 0 Å². The van der Waals surface area contributed by atoms with E-state index in [1.165, 1.54) is 6.07 Å². The maximum absolute atomic E-state index is 15.2. The molecule has 0 aromatic heterocycles. The molecule has 0 bridgehead atoms. The van der Waals surface area contributed by atoms with Crippen LogP contribution in [-0.4, -0.2) is 70.5 Å². The maximum atomic E-state index is 15.2. The van der Waals surface area contributed by atoms with Crippen molar-refractivity contribution in [3.05, 3.63) is 132 Å². The first-order valence-electron chi connectivity index (χ1n) is 22.4. The van der Waals surface area contributed by atoms with Crippen molar-refractivity contribution in [1.82, 2.24) is 4.90 Å². The van der Waals surface area contributed by atoms with Crippen molar-refractivity contribution < 1.29 is 38.4 Å². The number of unbranched alkanes of at least 4 members (excludes halogenated alkanes) is 2. The number of aliphatic hydroxyl groups excluding tert-OH is 2. The fourth-order valence-corrected chi connectivity index (χ4v) is 9.83. The maximum Gasteiger partial charge on any atom is 0.254 e. The minimum absolute atomic E-state index is 0.0458. The predicted molar refractivity (Wildman–Crippen MR) is 242 cm³/mol. The van der Waals surface area contributed by atoms with Gasteiger partial charge in [0.15, 0.2) is 0 Å². The summed E-state index contributed by atoms with van der Waals surface area (Å²) in [5, 5.41) is 26.9. The molecule has 2 N–H and O–H groups in total. The van der Waals surface area contributed by atoms with E-state index in [2.05, 4.69) is 19.6 Å². The monoisotopic (exact) mass is 846 g/mol. The molecule has 2 aliphatic carbocycles. The summed E-state index contributed by atoms with van der Waals surface area (Å²) in [6, 6.07) is 25.6. The summed E-state index contributed by atoms with van der Waals surface area (Å²) in [7, 11) is 0. The molecule has 1 aliphatic heterocycles. The van der Waals surface area contributed by atoms with Gasteiger partial charge < -0.3 is 34.2 Å². The van der Waals surface area contributed by atoms with Gasteiger partial charge in [-0.1, -0.05) is 85.6 Å². The van der Waals surface area contributed by atoms with E-state index < -0.39 is 23.3 Å². The number of fused-ring (bicyclic) bond motifs is 3. The van der Waals surface area contributed by atoms with E-state index in [4.69, 9.17) is 24.2 Å². The molecule has 0 spiro atoms. The molecule has 0 saturated heterocycles. The van der Waals surface area contributed by atoms with E-state index in [1.807, 2.05) is 86.3 Å². The Balaban J connectivity index is 1.44. The van der Waals surface area contributed by atoms with Gasteiger partial charge in [0, 0.05) is 48.8 Å². The van der Waals surface area contributed by atoms with Gasteiger partial charge in [0.25, 0.3) is 5.91 Å². The standard InChI is InChI=1S/C52H63FN2O7/c1-6-26-55(50(58)38-23-22-35-16-8-9-17-36(35)30-38)47-33-45(54-62-51(3,4)5)42-31-37(18-12-14-27-56)41(20-13-15-28-57)48-43-32-40(59-34-39-19-10-11-21-44(39)53)24-25-46(43)61-52(47,49(42)48)60-29-7-2/h7-11,16-17,19,21-25,30-32,37,41,47-49,56-57H,2,6,12-15,18,20,26-29,33-34H2,1,3-5H3. The molecular weight excluding hydrogens is 784 g/mol. The van der Waals surface area contributed by atoms with Crippen LogP contribution in [-0.2, 0) is 16.2 Å². The molecule has 6 atom stereocenters. The van der Waals surface area contributed by atoms with Gasteiger partial charge in [-0.3, -0.25) is 4.79 Å². The van der Waals surface area contributed by atoms with Crippen molar-refractivity contribution in [2.75, 3.05) is 26.4 Å². The number of ether oxygens (including phenoxy) is 3. The average molecular weight is 847 g/mol. The van der Waals surface area contributed by atoms with Gasteiger partial charge in [0.2, 0.25) is 5.79 Å². The fraction of sp³-hybridized carbons (Fsp3) is 0.462. The Kier molecular flexibility index (Phi) is 14.5. The van der Waals surface area contributed by atoms with E-state index in [1.54, 1.807) is 24.3 Å². The van der Waals surface area contributed by atoms with Gasteiger partial charge in [-0.15, -0.1) is 6.58 Å². The molecule has 9 nitrogen and oxygen atoms in total. The molecule has 4 aromatic rings. The summed E-state index contributed by atoms with van der Waals surface area (Å²) < 4.78 is 35.7. The highest BCUT2D eigenvalue weighted by atomic mass is 19.1. The minimum Gasteiger partial charge on any atom is -0.489 e. The first-order valence-corrected chi connectivity index (χ1v) is 22.4. The number of carbonyl (C=O) groups is 1. The third-order valence-corrected chi connectivity index (χ3v) is 12.5. The molecule has 62 heavy (non-hydrogen) atoms. The Morgan fingerprint density at radius 3 is 2.44 bits per heavy atom. The highest BCUT2D eigenvalue weighted by molar-refractivity contribution is 6.04. The molecule has 1 fully saturated rings. The summed E-state index contributed by atoms with van der Waals surface area (Å²) in [5.74, 6) is -1.21. The van der Waals surface area contributed by atoms with Gasteiger partial charge in [-0.2, -0.15) is 0 Å². The number of oxime groups is 1. The molecule has 1 heterocycles. The van der Waals surface area contributed by atoms with Crippen LogP contribution < -0.4 is 9.47 Å². The van der Waals surface area contributed by atoms with Crippen LogP contribution in [0.2, 0.25) is 0 Å².